The SMILES string of the molecule is CCc1cc2c(cc3c(=S)[nH]nc(CC)n32)s1. The summed E-state index contributed by atoms with van der Waals surface area (Å²) in [4.78, 5) is 1.41. The molecule has 0 aromatic carbocycles. The molecule has 0 aliphatic rings. The van der Waals surface area contributed by atoms with Crippen molar-refractivity contribution < 1.29 is 0 Å². The average Bonchev–Trinajstić information content (AvgIpc) is 2.87. The summed E-state index contributed by atoms with van der Waals surface area (Å²) in [6.07, 6.45) is 1.97. The van der Waals surface area contributed by atoms with E-state index in [4.69, 9.17) is 12.2 Å². The molecule has 3 heterocycles. The van der Waals surface area contributed by atoms with Crippen molar-refractivity contribution in [1.29, 1.82) is 0 Å². The second-order valence-electron chi connectivity index (χ2n) is 4.00. The standard InChI is InChI=1S/C12H13N3S2/c1-3-7-5-8-10(17-7)6-9-12(16)14-13-11(4-2)15(8)9/h5-6H,3-4H2,1-2H3,(H,14,16). The van der Waals surface area contributed by atoms with E-state index < -0.39 is 0 Å². The molecule has 0 saturated carbocycles. The Morgan fingerprint density at radius 2 is 2.12 bits per heavy atom. The van der Waals surface area contributed by atoms with E-state index in [9.17, 15) is 0 Å². The van der Waals surface area contributed by atoms with E-state index >= 15 is 0 Å². The fraction of sp³-hybridized carbons (Fsp3) is 0.333. The number of aryl methyl sites for hydroxylation is 2. The lowest BCUT2D eigenvalue weighted by atomic mass is 10.3. The third-order valence-electron chi connectivity index (χ3n) is 2.98. The number of nitrogens with one attached hydrogen (secondary N) is 1. The van der Waals surface area contributed by atoms with E-state index in [0.717, 1.165) is 24.2 Å². The van der Waals surface area contributed by atoms with Crippen molar-refractivity contribution in [3.8, 4) is 0 Å². The summed E-state index contributed by atoms with van der Waals surface area (Å²) in [6, 6.07) is 4.42. The zero-order valence-corrected chi connectivity index (χ0v) is 11.4. The summed E-state index contributed by atoms with van der Waals surface area (Å²) in [5.41, 5.74) is 2.31. The minimum Gasteiger partial charge on any atom is -0.292 e. The summed E-state index contributed by atoms with van der Waals surface area (Å²) in [7, 11) is 0. The van der Waals surface area contributed by atoms with Crippen molar-refractivity contribution in [2.45, 2.75) is 26.7 Å². The average molecular weight is 263 g/mol. The van der Waals surface area contributed by atoms with Crippen LogP contribution < -0.4 is 0 Å². The first-order valence-corrected chi connectivity index (χ1v) is 6.98. The third kappa shape index (κ3) is 1.53. The van der Waals surface area contributed by atoms with Gasteiger partial charge in [-0.25, -0.2) is 0 Å². The Morgan fingerprint density at radius 3 is 2.82 bits per heavy atom. The van der Waals surface area contributed by atoms with Crippen LogP contribution in [0.4, 0.5) is 0 Å². The molecule has 0 saturated heterocycles. The Bertz CT molecular complexity index is 748. The van der Waals surface area contributed by atoms with Gasteiger partial charge in [0, 0.05) is 11.3 Å². The van der Waals surface area contributed by atoms with Crippen LogP contribution in [0.5, 0.6) is 0 Å². The highest BCUT2D eigenvalue weighted by Gasteiger charge is 2.11. The fourth-order valence-corrected chi connectivity index (χ4v) is 3.34. The van der Waals surface area contributed by atoms with E-state index in [0.29, 0.717) is 4.64 Å². The maximum Gasteiger partial charge on any atom is 0.144 e. The van der Waals surface area contributed by atoms with Gasteiger partial charge in [-0.05, 0) is 18.6 Å². The highest BCUT2D eigenvalue weighted by Crippen LogP contribution is 2.30. The number of H-pyrrole nitrogens is 1. The van der Waals surface area contributed by atoms with Crippen molar-refractivity contribution in [2.75, 3.05) is 0 Å². The smallest absolute Gasteiger partial charge is 0.144 e. The summed E-state index contributed by atoms with van der Waals surface area (Å²) in [5, 5.41) is 7.24. The first-order chi connectivity index (χ1) is 8.24. The van der Waals surface area contributed by atoms with E-state index in [1.165, 1.54) is 15.1 Å². The van der Waals surface area contributed by atoms with E-state index in [-0.39, 0.29) is 0 Å². The lowest BCUT2D eigenvalue weighted by Crippen LogP contribution is -2.01. The molecule has 0 radical (unpaired) electrons. The van der Waals surface area contributed by atoms with Gasteiger partial charge < -0.3 is 0 Å². The van der Waals surface area contributed by atoms with Crippen LogP contribution in [0.15, 0.2) is 12.1 Å². The van der Waals surface area contributed by atoms with Crippen molar-refractivity contribution in [1.82, 2.24) is 14.6 Å². The predicted molar refractivity (Wildman–Crippen MR) is 74.5 cm³/mol. The summed E-state index contributed by atoms with van der Waals surface area (Å²) < 4.78 is 4.19. The number of thiophene rings is 1. The molecular formula is C12H13N3S2. The number of hydrogen-bond donors (Lipinski definition) is 1. The molecule has 0 amide bonds. The highest BCUT2D eigenvalue weighted by atomic mass is 32.1. The van der Waals surface area contributed by atoms with Crippen molar-refractivity contribution in [2.24, 2.45) is 0 Å². The molecule has 0 spiro atoms. The molecule has 0 unspecified atom stereocenters. The van der Waals surface area contributed by atoms with Crippen LogP contribution >= 0.6 is 23.6 Å². The lowest BCUT2D eigenvalue weighted by molar-refractivity contribution is 0.830. The van der Waals surface area contributed by atoms with Crippen LogP contribution in [0.25, 0.3) is 15.7 Å². The molecule has 1 N–H and O–H groups in total. The van der Waals surface area contributed by atoms with Gasteiger partial charge in [0.05, 0.1) is 15.7 Å². The van der Waals surface area contributed by atoms with Crippen LogP contribution in [0.2, 0.25) is 0 Å². The Hall–Kier alpha value is -1.20. The lowest BCUT2D eigenvalue weighted by Gasteiger charge is -2.02. The monoisotopic (exact) mass is 263 g/mol. The van der Waals surface area contributed by atoms with Gasteiger partial charge in [0.25, 0.3) is 0 Å². The normalized spacial score (nSPS) is 11.6. The molecule has 88 valence electrons. The number of hydrogen-bond acceptors (Lipinski definition) is 3. The molecule has 0 atom stereocenters. The zero-order chi connectivity index (χ0) is 12.0. The van der Waals surface area contributed by atoms with Gasteiger partial charge in [0.1, 0.15) is 10.5 Å². The van der Waals surface area contributed by atoms with Gasteiger partial charge in [-0.2, -0.15) is 5.10 Å². The number of aromatic amines is 1. The van der Waals surface area contributed by atoms with E-state index in [1.54, 1.807) is 0 Å². The van der Waals surface area contributed by atoms with Gasteiger partial charge in [-0.15, -0.1) is 11.3 Å². The Kier molecular flexibility index (Phi) is 2.52. The van der Waals surface area contributed by atoms with Crippen molar-refractivity contribution >= 4 is 39.3 Å². The van der Waals surface area contributed by atoms with Gasteiger partial charge in [0.15, 0.2) is 0 Å². The topological polar surface area (TPSA) is 33.1 Å². The molecular weight excluding hydrogens is 250 g/mol. The second kappa shape index (κ2) is 3.92. The molecule has 0 aliphatic heterocycles. The highest BCUT2D eigenvalue weighted by molar-refractivity contribution is 7.71. The zero-order valence-electron chi connectivity index (χ0n) is 9.78. The molecule has 0 fully saturated rings. The number of rotatable bonds is 2. The molecule has 0 bridgehead atoms. The maximum absolute atomic E-state index is 5.30. The van der Waals surface area contributed by atoms with Gasteiger partial charge in [0.2, 0.25) is 0 Å². The Morgan fingerprint density at radius 1 is 1.29 bits per heavy atom. The van der Waals surface area contributed by atoms with E-state index in [1.807, 2.05) is 11.3 Å². The minimum atomic E-state index is 0.712. The fourth-order valence-electron chi connectivity index (χ4n) is 2.12. The van der Waals surface area contributed by atoms with Crippen LogP contribution in [-0.4, -0.2) is 14.6 Å². The first-order valence-electron chi connectivity index (χ1n) is 5.76. The molecule has 5 heteroatoms. The molecule has 0 aliphatic carbocycles. The molecule has 3 aromatic rings. The quantitative estimate of drug-likeness (QED) is 0.715. The minimum absolute atomic E-state index is 0.712. The van der Waals surface area contributed by atoms with E-state index in [2.05, 4.69) is 40.6 Å². The number of aromatic nitrogens is 3. The van der Waals surface area contributed by atoms with Crippen LogP contribution in [0, 0.1) is 4.64 Å². The molecule has 3 aromatic heterocycles. The predicted octanol–water partition coefficient (Wildman–Crippen LogP) is 3.73. The van der Waals surface area contributed by atoms with Crippen molar-refractivity contribution in [3.05, 3.63) is 27.5 Å². The van der Waals surface area contributed by atoms with Crippen molar-refractivity contribution in [3.63, 3.8) is 0 Å². The van der Waals surface area contributed by atoms with Gasteiger partial charge in [-0.3, -0.25) is 9.50 Å². The van der Waals surface area contributed by atoms with Crippen LogP contribution in [0.1, 0.15) is 24.5 Å². The number of fused-ring (bicyclic) bond motifs is 3. The third-order valence-corrected chi connectivity index (χ3v) is 4.50. The molecule has 3 rings (SSSR count). The van der Waals surface area contributed by atoms with Crippen LogP contribution in [0.3, 0.4) is 0 Å². The largest absolute Gasteiger partial charge is 0.292 e. The summed E-state index contributed by atoms with van der Waals surface area (Å²) in [6.45, 7) is 4.29. The molecule has 3 nitrogen and oxygen atoms in total. The first kappa shape index (κ1) is 10.9. The number of nitrogens with zero attached hydrogens (tertiary/aromatic N) is 2. The Labute approximate surface area is 108 Å². The summed E-state index contributed by atoms with van der Waals surface area (Å²) in [5.74, 6) is 1.03. The maximum atomic E-state index is 5.30. The van der Waals surface area contributed by atoms with Crippen LogP contribution in [-0.2, 0) is 12.8 Å². The second-order valence-corrected chi connectivity index (χ2v) is 5.58. The molecule has 17 heavy (non-hydrogen) atoms. The van der Waals surface area contributed by atoms with Gasteiger partial charge >= 0.3 is 0 Å². The van der Waals surface area contributed by atoms with Gasteiger partial charge in [-0.1, -0.05) is 26.1 Å². The Balaban J connectivity index is 2.51. The summed E-state index contributed by atoms with van der Waals surface area (Å²) >= 11 is 7.14.